The number of benzene rings is 1. The van der Waals surface area contributed by atoms with Crippen LogP contribution >= 0.6 is 0 Å². The quantitative estimate of drug-likeness (QED) is 0.898. The molecule has 0 aliphatic carbocycles. The van der Waals surface area contributed by atoms with E-state index in [0.717, 1.165) is 24.2 Å². The summed E-state index contributed by atoms with van der Waals surface area (Å²) < 4.78 is 2.05. The predicted octanol–water partition coefficient (Wildman–Crippen LogP) is 1.12. The van der Waals surface area contributed by atoms with E-state index in [0.29, 0.717) is 18.7 Å². The van der Waals surface area contributed by atoms with Crippen molar-refractivity contribution < 1.29 is 4.79 Å². The number of nitrogens with one attached hydrogen (secondary N) is 1. The maximum absolute atomic E-state index is 11.9. The molecule has 1 aliphatic heterocycles. The average molecular weight is 309 g/mol. The third kappa shape index (κ3) is 3.41. The van der Waals surface area contributed by atoms with E-state index in [2.05, 4.69) is 20.9 Å². The lowest BCUT2D eigenvalue weighted by Crippen LogP contribution is -2.36. The number of imidazole rings is 1. The van der Waals surface area contributed by atoms with Crippen LogP contribution in [-0.2, 0) is 17.9 Å². The molecule has 0 radical (unpaired) electrons. The predicted molar refractivity (Wildman–Crippen MR) is 85.4 cm³/mol. The van der Waals surface area contributed by atoms with Gasteiger partial charge in [0.25, 0.3) is 0 Å². The van der Waals surface area contributed by atoms with E-state index in [-0.39, 0.29) is 11.9 Å². The Morgan fingerprint density at radius 1 is 1.39 bits per heavy atom. The number of nitriles is 1. The fourth-order valence-electron chi connectivity index (χ4n) is 2.76. The summed E-state index contributed by atoms with van der Waals surface area (Å²) in [6.45, 7) is 2.11. The number of likely N-dealkylation sites (N-methyl/N-ethyl adjacent to an activating group) is 1. The maximum atomic E-state index is 11.9. The lowest BCUT2D eigenvalue weighted by molar-refractivity contribution is -0.128. The van der Waals surface area contributed by atoms with E-state index in [4.69, 9.17) is 5.26 Å². The number of carbonyl (C=O) groups excluding carboxylic acids is 1. The first-order valence-corrected chi connectivity index (χ1v) is 7.64. The van der Waals surface area contributed by atoms with Crippen molar-refractivity contribution in [1.82, 2.24) is 19.8 Å². The third-order valence-electron chi connectivity index (χ3n) is 4.19. The zero-order valence-electron chi connectivity index (χ0n) is 13.1. The molecule has 6 nitrogen and oxygen atoms in total. The van der Waals surface area contributed by atoms with Gasteiger partial charge in [-0.3, -0.25) is 4.79 Å². The van der Waals surface area contributed by atoms with Crippen molar-refractivity contribution >= 4 is 5.91 Å². The summed E-state index contributed by atoms with van der Waals surface area (Å²) in [5.41, 5.74) is 2.81. The summed E-state index contributed by atoms with van der Waals surface area (Å²) in [6, 6.07) is 9.55. The standard InChI is InChI=1S/C17H19N5O/c1-21-7-6-16(17(21)23)20-10-15-9-19-12-22(15)11-14-4-2-13(8-18)3-5-14/h2-5,9,12,16,20H,6-7,10-11H2,1H3/t16-/m0/s1. The minimum atomic E-state index is -0.0988. The molecule has 3 rings (SSSR count). The largest absolute Gasteiger partial charge is 0.344 e. The Balaban J connectivity index is 1.63. The van der Waals surface area contributed by atoms with E-state index in [9.17, 15) is 4.79 Å². The van der Waals surface area contributed by atoms with Crippen molar-refractivity contribution in [2.24, 2.45) is 0 Å². The normalized spacial score (nSPS) is 17.5. The molecule has 0 spiro atoms. The minimum absolute atomic E-state index is 0.0988. The molecule has 2 heterocycles. The number of hydrogen-bond donors (Lipinski definition) is 1. The first-order valence-electron chi connectivity index (χ1n) is 7.64. The molecule has 1 atom stereocenters. The monoisotopic (exact) mass is 309 g/mol. The van der Waals surface area contributed by atoms with Crippen LogP contribution in [0.5, 0.6) is 0 Å². The number of hydrogen-bond acceptors (Lipinski definition) is 4. The molecule has 1 N–H and O–H groups in total. The van der Waals surface area contributed by atoms with Crippen LogP contribution in [0.4, 0.5) is 0 Å². The Bertz CT molecular complexity index is 728. The second-order valence-corrected chi connectivity index (χ2v) is 5.80. The Morgan fingerprint density at radius 3 is 2.83 bits per heavy atom. The van der Waals surface area contributed by atoms with Gasteiger partial charge in [0, 0.05) is 32.9 Å². The fourth-order valence-corrected chi connectivity index (χ4v) is 2.76. The Morgan fingerprint density at radius 2 is 2.17 bits per heavy atom. The average Bonchev–Trinajstić information content (AvgIpc) is 3.14. The van der Waals surface area contributed by atoms with Crippen molar-refractivity contribution in [2.45, 2.75) is 25.6 Å². The highest BCUT2D eigenvalue weighted by Crippen LogP contribution is 2.11. The van der Waals surface area contributed by atoms with Crippen molar-refractivity contribution in [3.63, 3.8) is 0 Å². The molecule has 1 amide bonds. The second kappa shape index (κ2) is 6.63. The van der Waals surface area contributed by atoms with Crippen molar-refractivity contribution in [3.8, 4) is 6.07 Å². The van der Waals surface area contributed by atoms with Crippen molar-refractivity contribution in [2.75, 3.05) is 13.6 Å². The molecule has 1 fully saturated rings. The van der Waals surface area contributed by atoms with Gasteiger partial charge in [-0.05, 0) is 24.1 Å². The van der Waals surface area contributed by atoms with Crippen LogP contribution in [-0.4, -0.2) is 40.0 Å². The number of carbonyl (C=O) groups is 1. The van der Waals surface area contributed by atoms with Gasteiger partial charge in [0.1, 0.15) is 0 Å². The first-order chi connectivity index (χ1) is 11.2. The molecule has 1 aliphatic rings. The fraction of sp³-hybridized carbons (Fsp3) is 0.353. The van der Waals surface area contributed by atoms with Gasteiger partial charge in [-0.2, -0.15) is 5.26 Å². The highest BCUT2D eigenvalue weighted by atomic mass is 16.2. The van der Waals surface area contributed by atoms with Gasteiger partial charge in [-0.15, -0.1) is 0 Å². The number of amides is 1. The molecule has 1 aromatic heterocycles. The van der Waals surface area contributed by atoms with Gasteiger partial charge in [-0.25, -0.2) is 4.98 Å². The molecule has 1 aromatic carbocycles. The molecular formula is C17H19N5O. The molecule has 118 valence electrons. The molecule has 0 saturated carbocycles. The minimum Gasteiger partial charge on any atom is -0.344 e. The van der Waals surface area contributed by atoms with Gasteiger partial charge in [0.15, 0.2) is 0 Å². The van der Waals surface area contributed by atoms with Crippen molar-refractivity contribution in [3.05, 3.63) is 53.6 Å². The van der Waals surface area contributed by atoms with Crippen molar-refractivity contribution in [1.29, 1.82) is 5.26 Å². The van der Waals surface area contributed by atoms with Gasteiger partial charge in [-0.1, -0.05) is 12.1 Å². The maximum Gasteiger partial charge on any atom is 0.239 e. The highest BCUT2D eigenvalue weighted by Gasteiger charge is 2.28. The second-order valence-electron chi connectivity index (χ2n) is 5.80. The molecule has 1 saturated heterocycles. The van der Waals surface area contributed by atoms with Crippen LogP contribution in [0.3, 0.4) is 0 Å². The van der Waals surface area contributed by atoms with E-state index < -0.39 is 0 Å². The summed E-state index contributed by atoms with van der Waals surface area (Å²) in [6.07, 6.45) is 4.46. The van der Waals surface area contributed by atoms with Crippen LogP contribution in [0.1, 0.15) is 23.2 Å². The smallest absolute Gasteiger partial charge is 0.239 e. The molecular weight excluding hydrogens is 290 g/mol. The van der Waals surface area contributed by atoms with Crippen LogP contribution in [0.25, 0.3) is 0 Å². The van der Waals surface area contributed by atoms with E-state index >= 15 is 0 Å². The molecule has 0 bridgehead atoms. The van der Waals surface area contributed by atoms with Gasteiger partial charge in [0.05, 0.1) is 29.7 Å². The van der Waals surface area contributed by atoms with E-state index in [1.165, 1.54) is 0 Å². The van der Waals surface area contributed by atoms with E-state index in [1.54, 1.807) is 11.2 Å². The summed E-state index contributed by atoms with van der Waals surface area (Å²) in [7, 11) is 1.83. The van der Waals surface area contributed by atoms with Crippen LogP contribution in [0, 0.1) is 11.3 Å². The lowest BCUT2D eigenvalue weighted by Gasteiger charge is -2.13. The summed E-state index contributed by atoms with van der Waals surface area (Å²) in [4.78, 5) is 17.9. The van der Waals surface area contributed by atoms with E-state index in [1.807, 2.05) is 37.5 Å². The summed E-state index contributed by atoms with van der Waals surface area (Å²) in [5, 5.41) is 12.2. The SMILES string of the molecule is CN1CC[C@H](NCc2cncn2Cc2ccc(C#N)cc2)C1=O. The van der Waals surface area contributed by atoms with Gasteiger partial charge in [0.2, 0.25) is 5.91 Å². The molecule has 2 aromatic rings. The van der Waals surface area contributed by atoms with Crippen LogP contribution in [0.15, 0.2) is 36.8 Å². The summed E-state index contributed by atoms with van der Waals surface area (Å²) >= 11 is 0. The molecule has 23 heavy (non-hydrogen) atoms. The topological polar surface area (TPSA) is 74.0 Å². The summed E-state index contributed by atoms with van der Waals surface area (Å²) in [5.74, 6) is 0.156. The number of nitrogens with zero attached hydrogens (tertiary/aromatic N) is 4. The zero-order valence-corrected chi connectivity index (χ0v) is 13.1. The van der Waals surface area contributed by atoms with Crippen LogP contribution in [0.2, 0.25) is 0 Å². The highest BCUT2D eigenvalue weighted by molar-refractivity contribution is 5.83. The van der Waals surface area contributed by atoms with Gasteiger partial charge >= 0.3 is 0 Å². The number of rotatable bonds is 5. The van der Waals surface area contributed by atoms with Crippen LogP contribution < -0.4 is 5.32 Å². The van der Waals surface area contributed by atoms with Gasteiger partial charge < -0.3 is 14.8 Å². The third-order valence-corrected chi connectivity index (χ3v) is 4.19. The first kappa shape index (κ1) is 15.3. The molecule has 0 unspecified atom stereocenters. The number of likely N-dealkylation sites (tertiary alicyclic amines) is 1. The Kier molecular flexibility index (Phi) is 4.40. The zero-order chi connectivity index (χ0) is 16.2. The molecule has 6 heteroatoms. The number of aromatic nitrogens is 2. The Hall–Kier alpha value is -2.65. The Labute approximate surface area is 135 Å². The lowest BCUT2D eigenvalue weighted by atomic mass is 10.1.